The number of phenols is 1. The van der Waals surface area contributed by atoms with Gasteiger partial charge in [-0.05, 0) is 37.1 Å². The lowest BCUT2D eigenvalue weighted by molar-refractivity contribution is -0.139. The number of H-pyrrole nitrogens is 1. The van der Waals surface area contributed by atoms with Crippen LogP contribution in [0.1, 0.15) is 43.9 Å². The molecule has 1 atom stereocenters. The second kappa shape index (κ2) is 8.78. The summed E-state index contributed by atoms with van der Waals surface area (Å²) in [5.41, 5.74) is 1.89. The normalized spacial score (nSPS) is 17.9. The van der Waals surface area contributed by atoms with Gasteiger partial charge in [0.2, 0.25) is 0 Å². The molecule has 1 fully saturated rings. The number of ether oxygens (including phenoxy) is 1. The Hall–Kier alpha value is -3.74. The van der Waals surface area contributed by atoms with E-state index in [0.29, 0.717) is 30.7 Å². The van der Waals surface area contributed by atoms with Crippen LogP contribution in [0.2, 0.25) is 0 Å². The first kappa shape index (κ1) is 21.5. The Balaban J connectivity index is 1.91. The van der Waals surface area contributed by atoms with Crippen LogP contribution in [0, 0.1) is 0 Å². The number of carbonyl (C=O) groups excluding carboxylic acids is 2. The van der Waals surface area contributed by atoms with E-state index < -0.39 is 17.7 Å². The Kier molecular flexibility index (Phi) is 5.90. The van der Waals surface area contributed by atoms with Gasteiger partial charge in [-0.1, -0.05) is 37.6 Å². The zero-order valence-corrected chi connectivity index (χ0v) is 18.1. The van der Waals surface area contributed by atoms with E-state index >= 15 is 0 Å². The standard InChI is InChI=1S/C25H26N2O5/c1-3-5-12-27-22(15-10-11-19(28)20(13-15)32-4-2)21(24(30)25(27)31)23(29)17-14-26-18-9-7-6-8-16(17)18/h6-11,13-14,22,26,28-29H,3-5,12H2,1-2H3/b23-21-. The maximum absolute atomic E-state index is 13.1. The number of rotatable bonds is 7. The van der Waals surface area contributed by atoms with Crippen molar-refractivity contribution in [2.45, 2.75) is 32.7 Å². The lowest BCUT2D eigenvalue weighted by Gasteiger charge is -2.25. The molecule has 1 aliphatic rings. The minimum atomic E-state index is -0.782. The molecule has 0 bridgehead atoms. The van der Waals surface area contributed by atoms with Gasteiger partial charge in [-0.15, -0.1) is 0 Å². The van der Waals surface area contributed by atoms with E-state index in [1.165, 1.54) is 11.0 Å². The zero-order valence-electron chi connectivity index (χ0n) is 18.1. The average Bonchev–Trinajstić information content (AvgIpc) is 3.33. The molecular weight excluding hydrogens is 408 g/mol. The molecule has 0 spiro atoms. The van der Waals surface area contributed by atoms with Crippen molar-refractivity contribution in [3.8, 4) is 11.5 Å². The molecule has 0 radical (unpaired) electrons. The Labute approximate surface area is 185 Å². The molecule has 2 heterocycles. The van der Waals surface area contributed by atoms with Crippen molar-refractivity contribution in [1.82, 2.24) is 9.88 Å². The molecule has 7 nitrogen and oxygen atoms in total. The molecule has 2 aromatic carbocycles. The van der Waals surface area contributed by atoms with Gasteiger partial charge in [-0.25, -0.2) is 0 Å². The Morgan fingerprint density at radius 3 is 2.69 bits per heavy atom. The Morgan fingerprint density at radius 1 is 1.16 bits per heavy atom. The average molecular weight is 434 g/mol. The van der Waals surface area contributed by atoms with Gasteiger partial charge >= 0.3 is 0 Å². The number of fused-ring (bicyclic) bond motifs is 1. The molecule has 1 aliphatic heterocycles. The van der Waals surface area contributed by atoms with Crippen LogP contribution in [0.4, 0.5) is 0 Å². The SMILES string of the molecule is CCCCN1C(=O)C(=O)/C(=C(\O)c2c[nH]c3ccccc23)C1c1ccc(O)c(OCC)c1. The van der Waals surface area contributed by atoms with Crippen molar-refractivity contribution < 1.29 is 24.5 Å². The molecule has 1 saturated heterocycles. The van der Waals surface area contributed by atoms with Crippen LogP contribution in [0.3, 0.4) is 0 Å². The van der Waals surface area contributed by atoms with Crippen molar-refractivity contribution in [3.05, 3.63) is 65.4 Å². The Bertz CT molecular complexity index is 1210. The van der Waals surface area contributed by atoms with Gasteiger partial charge in [0.05, 0.1) is 18.2 Å². The summed E-state index contributed by atoms with van der Waals surface area (Å²) in [6.07, 6.45) is 3.20. The third-order valence-electron chi connectivity index (χ3n) is 5.74. The monoisotopic (exact) mass is 434 g/mol. The van der Waals surface area contributed by atoms with E-state index in [0.717, 1.165) is 17.3 Å². The number of aromatic hydroxyl groups is 1. The molecule has 3 N–H and O–H groups in total. The number of hydrogen-bond donors (Lipinski definition) is 3. The number of aliphatic hydroxyl groups excluding tert-OH is 1. The van der Waals surface area contributed by atoms with E-state index in [-0.39, 0.29) is 22.8 Å². The third kappa shape index (κ3) is 3.60. The molecule has 166 valence electrons. The number of phenolic OH excluding ortho intramolecular Hbond substituents is 1. The first-order valence-electron chi connectivity index (χ1n) is 10.8. The summed E-state index contributed by atoms with van der Waals surface area (Å²) in [7, 11) is 0. The Morgan fingerprint density at radius 2 is 1.94 bits per heavy atom. The number of nitrogens with zero attached hydrogens (tertiary/aromatic N) is 1. The van der Waals surface area contributed by atoms with Crippen LogP contribution in [-0.2, 0) is 9.59 Å². The van der Waals surface area contributed by atoms with Crippen molar-refractivity contribution in [1.29, 1.82) is 0 Å². The van der Waals surface area contributed by atoms with E-state index in [1.807, 2.05) is 31.2 Å². The number of aromatic amines is 1. The maximum atomic E-state index is 13.1. The number of amides is 1. The van der Waals surface area contributed by atoms with E-state index in [1.54, 1.807) is 25.3 Å². The fourth-order valence-corrected chi connectivity index (χ4v) is 4.17. The first-order chi connectivity index (χ1) is 15.5. The molecule has 4 rings (SSSR count). The molecule has 32 heavy (non-hydrogen) atoms. The highest BCUT2D eigenvalue weighted by Gasteiger charge is 2.46. The number of likely N-dealkylation sites (tertiary alicyclic amines) is 1. The van der Waals surface area contributed by atoms with Crippen LogP contribution in [-0.4, -0.2) is 44.9 Å². The van der Waals surface area contributed by atoms with Crippen molar-refractivity contribution in [2.24, 2.45) is 0 Å². The molecule has 1 amide bonds. The van der Waals surface area contributed by atoms with E-state index in [9.17, 15) is 19.8 Å². The van der Waals surface area contributed by atoms with E-state index in [4.69, 9.17) is 4.74 Å². The van der Waals surface area contributed by atoms with Gasteiger partial charge < -0.3 is 24.8 Å². The number of hydrogen-bond acceptors (Lipinski definition) is 5. The molecule has 3 aromatic rings. The van der Waals surface area contributed by atoms with Gasteiger partial charge in [0.25, 0.3) is 11.7 Å². The topological polar surface area (TPSA) is 103 Å². The summed E-state index contributed by atoms with van der Waals surface area (Å²) in [6, 6.07) is 11.4. The molecule has 1 aromatic heterocycles. The van der Waals surface area contributed by atoms with Gasteiger partial charge in [0, 0.05) is 29.2 Å². The number of aliphatic hydroxyl groups is 1. The maximum Gasteiger partial charge on any atom is 0.295 e. The van der Waals surface area contributed by atoms with Gasteiger partial charge in [-0.2, -0.15) is 0 Å². The summed E-state index contributed by atoms with van der Waals surface area (Å²) in [5.74, 6) is -1.36. The first-order valence-corrected chi connectivity index (χ1v) is 10.8. The number of benzene rings is 2. The number of para-hydroxylation sites is 1. The number of Topliss-reactive ketones (excluding diaryl/α,β-unsaturated/α-hetero) is 1. The predicted octanol–water partition coefficient (Wildman–Crippen LogP) is 4.49. The third-order valence-corrected chi connectivity index (χ3v) is 5.74. The van der Waals surface area contributed by atoms with Gasteiger partial charge in [0.15, 0.2) is 11.5 Å². The second-order valence-electron chi connectivity index (χ2n) is 7.75. The minimum Gasteiger partial charge on any atom is -0.507 e. The molecule has 0 aliphatic carbocycles. The fourth-order valence-electron chi connectivity index (χ4n) is 4.17. The molecule has 7 heteroatoms. The van der Waals surface area contributed by atoms with Gasteiger partial charge in [0.1, 0.15) is 5.76 Å². The summed E-state index contributed by atoms with van der Waals surface area (Å²) >= 11 is 0. The van der Waals surface area contributed by atoms with Gasteiger partial charge in [-0.3, -0.25) is 9.59 Å². The summed E-state index contributed by atoms with van der Waals surface area (Å²) in [4.78, 5) is 30.7. The van der Waals surface area contributed by atoms with Crippen LogP contribution >= 0.6 is 0 Å². The highest BCUT2D eigenvalue weighted by molar-refractivity contribution is 6.46. The second-order valence-corrected chi connectivity index (χ2v) is 7.75. The predicted molar refractivity (Wildman–Crippen MR) is 121 cm³/mol. The van der Waals surface area contributed by atoms with Crippen molar-refractivity contribution >= 4 is 28.4 Å². The van der Waals surface area contributed by atoms with Crippen molar-refractivity contribution in [3.63, 3.8) is 0 Å². The highest BCUT2D eigenvalue weighted by atomic mass is 16.5. The van der Waals surface area contributed by atoms with Crippen molar-refractivity contribution in [2.75, 3.05) is 13.2 Å². The van der Waals surface area contributed by atoms with Crippen LogP contribution in [0.15, 0.2) is 54.2 Å². The number of nitrogens with one attached hydrogen (secondary N) is 1. The number of carbonyl (C=O) groups is 2. The largest absolute Gasteiger partial charge is 0.507 e. The number of aromatic nitrogens is 1. The van der Waals surface area contributed by atoms with Crippen LogP contribution in [0.25, 0.3) is 16.7 Å². The molecular formula is C25H26N2O5. The van der Waals surface area contributed by atoms with E-state index in [2.05, 4.69) is 4.98 Å². The van der Waals surface area contributed by atoms with Crippen LogP contribution in [0.5, 0.6) is 11.5 Å². The summed E-state index contributed by atoms with van der Waals surface area (Å²) < 4.78 is 5.51. The highest BCUT2D eigenvalue weighted by Crippen LogP contribution is 2.42. The number of unbranched alkanes of at least 4 members (excludes halogenated alkanes) is 1. The minimum absolute atomic E-state index is 0.0299. The molecule has 0 saturated carbocycles. The fraction of sp³-hybridized carbons (Fsp3) is 0.280. The summed E-state index contributed by atoms with van der Waals surface area (Å²) in [6.45, 7) is 4.53. The smallest absolute Gasteiger partial charge is 0.295 e. The lowest BCUT2D eigenvalue weighted by atomic mass is 9.94. The quantitative estimate of drug-likeness (QED) is 0.289. The lowest BCUT2D eigenvalue weighted by Crippen LogP contribution is -2.30. The molecule has 1 unspecified atom stereocenters. The zero-order chi connectivity index (χ0) is 22.8. The van der Waals surface area contributed by atoms with Crippen LogP contribution < -0.4 is 4.74 Å². The summed E-state index contributed by atoms with van der Waals surface area (Å²) in [5, 5.41) is 22.2. The number of ketones is 1.